The Morgan fingerprint density at radius 1 is 1.00 bits per heavy atom. The van der Waals surface area contributed by atoms with Gasteiger partial charge in [-0.2, -0.15) is 0 Å². The lowest BCUT2D eigenvalue weighted by Gasteiger charge is -2.19. The van der Waals surface area contributed by atoms with Crippen LogP contribution in [0.25, 0.3) is 11.1 Å². The highest BCUT2D eigenvalue weighted by molar-refractivity contribution is 5.98. The van der Waals surface area contributed by atoms with Gasteiger partial charge >= 0.3 is 0 Å². The van der Waals surface area contributed by atoms with Gasteiger partial charge in [-0.05, 0) is 23.8 Å². The second-order valence-electron chi connectivity index (χ2n) is 5.54. The zero-order chi connectivity index (χ0) is 16.8. The third-order valence-corrected chi connectivity index (χ3v) is 3.89. The normalized spacial score (nSPS) is 10.4. The summed E-state index contributed by atoms with van der Waals surface area (Å²) in [5, 5.41) is 2.92. The summed E-state index contributed by atoms with van der Waals surface area (Å²) in [5.41, 5.74) is 2.90. The van der Waals surface area contributed by atoms with Crippen molar-refractivity contribution in [3.63, 3.8) is 0 Å². The Balaban J connectivity index is 1.60. The fourth-order valence-corrected chi connectivity index (χ4v) is 2.56. The largest absolute Gasteiger partial charge is 0.459 e. The molecule has 0 saturated heterocycles. The molecular weight excluding hydrogens is 300 g/mol. The first kappa shape index (κ1) is 15.9. The fraction of sp³-hybridized carbons (Fsp3) is 0.150. The van der Waals surface area contributed by atoms with Gasteiger partial charge in [0.05, 0.1) is 6.26 Å². The number of anilines is 1. The number of nitrogens with zero attached hydrogens (tertiary/aromatic N) is 1. The second-order valence-corrected chi connectivity index (χ2v) is 5.54. The molecule has 1 amide bonds. The molecule has 122 valence electrons. The summed E-state index contributed by atoms with van der Waals surface area (Å²) in [6.45, 7) is 1.26. The first-order valence-electron chi connectivity index (χ1n) is 7.93. The maximum Gasteiger partial charge on any atom is 0.287 e. The van der Waals surface area contributed by atoms with Gasteiger partial charge in [-0.25, -0.2) is 0 Å². The van der Waals surface area contributed by atoms with Crippen molar-refractivity contribution < 1.29 is 9.21 Å². The highest BCUT2D eigenvalue weighted by Gasteiger charge is 2.16. The van der Waals surface area contributed by atoms with Crippen molar-refractivity contribution in [1.29, 1.82) is 0 Å². The maximum absolute atomic E-state index is 12.4. The molecule has 0 aliphatic heterocycles. The van der Waals surface area contributed by atoms with Crippen LogP contribution in [0.15, 0.2) is 77.4 Å². The van der Waals surface area contributed by atoms with E-state index in [4.69, 9.17) is 4.42 Å². The lowest BCUT2D eigenvalue weighted by Crippen LogP contribution is -2.33. The van der Waals surface area contributed by atoms with Gasteiger partial charge in [0, 0.05) is 31.4 Å². The van der Waals surface area contributed by atoms with Crippen molar-refractivity contribution in [2.24, 2.45) is 0 Å². The standard InChI is InChI=1S/C20H20N2O2/c1-22(17-10-6-3-7-11-17)14-13-21-20(23)19-18(12-15-24-19)16-8-4-2-5-9-16/h2-12,15H,13-14H2,1H3,(H,21,23). The van der Waals surface area contributed by atoms with Crippen LogP contribution in [0.2, 0.25) is 0 Å². The van der Waals surface area contributed by atoms with E-state index in [1.54, 1.807) is 6.26 Å². The molecule has 0 spiro atoms. The van der Waals surface area contributed by atoms with Gasteiger partial charge in [0.15, 0.2) is 5.76 Å². The highest BCUT2D eigenvalue weighted by Crippen LogP contribution is 2.24. The number of para-hydroxylation sites is 1. The summed E-state index contributed by atoms with van der Waals surface area (Å²) < 4.78 is 5.40. The van der Waals surface area contributed by atoms with Crippen molar-refractivity contribution in [2.75, 3.05) is 25.0 Å². The van der Waals surface area contributed by atoms with Crippen LogP contribution in [0.1, 0.15) is 10.6 Å². The number of benzene rings is 2. The number of hydrogen-bond acceptors (Lipinski definition) is 3. The number of amides is 1. The van der Waals surface area contributed by atoms with E-state index in [2.05, 4.69) is 10.2 Å². The van der Waals surface area contributed by atoms with Gasteiger partial charge in [0.2, 0.25) is 0 Å². The minimum Gasteiger partial charge on any atom is -0.459 e. The van der Waals surface area contributed by atoms with Crippen molar-refractivity contribution >= 4 is 11.6 Å². The molecule has 0 unspecified atom stereocenters. The van der Waals surface area contributed by atoms with Gasteiger partial charge in [-0.15, -0.1) is 0 Å². The molecule has 0 aliphatic carbocycles. The average Bonchev–Trinajstić information content (AvgIpc) is 3.13. The van der Waals surface area contributed by atoms with Crippen molar-refractivity contribution in [2.45, 2.75) is 0 Å². The van der Waals surface area contributed by atoms with Crippen LogP contribution < -0.4 is 10.2 Å². The predicted octanol–water partition coefficient (Wildman–Crippen LogP) is 3.81. The lowest BCUT2D eigenvalue weighted by atomic mass is 10.1. The van der Waals surface area contributed by atoms with E-state index in [-0.39, 0.29) is 5.91 Å². The first-order valence-corrected chi connectivity index (χ1v) is 7.93. The molecule has 1 N–H and O–H groups in total. The molecule has 0 radical (unpaired) electrons. The molecule has 0 atom stereocenters. The Bertz CT molecular complexity index is 782. The summed E-state index contributed by atoms with van der Waals surface area (Å²) in [6.07, 6.45) is 1.55. The van der Waals surface area contributed by atoms with Crippen LogP contribution >= 0.6 is 0 Å². The average molecular weight is 320 g/mol. The second kappa shape index (κ2) is 7.51. The monoisotopic (exact) mass is 320 g/mol. The topological polar surface area (TPSA) is 45.5 Å². The minimum absolute atomic E-state index is 0.194. The number of likely N-dealkylation sites (N-methyl/N-ethyl adjacent to an activating group) is 1. The molecular formula is C20H20N2O2. The third kappa shape index (κ3) is 3.66. The van der Waals surface area contributed by atoms with Crippen LogP contribution in [0.5, 0.6) is 0 Å². The zero-order valence-electron chi connectivity index (χ0n) is 13.6. The molecule has 0 bridgehead atoms. The Kier molecular flexibility index (Phi) is 4.96. The number of carbonyl (C=O) groups excluding carboxylic acids is 1. The minimum atomic E-state index is -0.194. The molecule has 1 heterocycles. The van der Waals surface area contributed by atoms with Crippen LogP contribution in [-0.4, -0.2) is 26.0 Å². The molecule has 4 nitrogen and oxygen atoms in total. The number of carbonyl (C=O) groups is 1. The van der Waals surface area contributed by atoms with Crippen LogP contribution in [0.3, 0.4) is 0 Å². The highest BCUT2D eigenvalue weighted by atomic mass is 16.3. The van der Waals surface area contributed by atoms with Crippen molar-refractivity contribution in [1.82, 2.24) is 5.32 Å². The summed E-state index contributed by atoms with van der Waals surface area (Å²) in [4.78, 5) is 14.5. The first-order chi connectivity index (χ1) is 11.8. The van der Waals surface area contributed by atoms with Crippen molar-refractivity contribution in [3.05, 3.63) is 78.8 Å². The van der Waals surface area contributed by atoms with Crippen LogP contribution in [-0.2, 0) is 0 Å². The van der Waals surface area contributed by atoms with E-state index in [1.807, 2.05) is 73.8 Å². The Hall–Kier alpha value is -3.01. The zero-order valence-corrected chi connectivity index (χ0v) is 13.6. The summed E-state index contributed by atoms with van der Waals surface area (Å²) in [6, 6.07) is 21.7. The van der Waals surface area contributed by atoms with Gasteiger partial charge in [-0.3, -0.25) is 4.79 Å². The quantitative estimate of drug-likeness (QED) is 0.751. The van der Waals surface area contributed by atoms with E-state index in [9.17, 15) is 4.79 Å². The van der Waals surface area contributed by atoms with Crippen molar-refractivity contribution in [3.8, 4) is 11.1 Å². The maximum atomic E-state index is 12.4. The Morgan fingerprint density at radius 3 is 2.38 bits per heavy atom. The molecule has 3 rings (SSSR count). The molecule has 0 fully saturated rings. The van der Waals surface area contributed by atoms with E-state index >= 15 is 0 Å². The number of furan rings is 1. The third-order valence-electron chi connectivity index (χ3n) is 3.89. The Morgan fingerprint density at radius 2 is 1.67 bits per heavy atom. The number of hydrogen-bond donors (Lipinski definition) is 1. The van der Waals surface area contributed by atoms with E-state index in [0.717, 1.165) is 23.4 Å². The van der Waals surface area contributed by atoms with E-state index in [0.29, 0.717) is 12.3 Å². The molecule has 4 heteroatoms. The van der Waals surface area contributed by atoms with Gasteiger partial charge < -0.3 is 14.6 Å². The number of nitrogens with one attached hydrogen (secondary N) is 1. The van der Waals surface area contributed by atoms with Crippen LogP contribution in [0, 0.1) is 0 Å². The van der Waals surface area contributed by atoms with Crippen LogP contribution in [0.4, 0.5) is 5.69 Å². The summed E-state index contributed by atoms with van der Waals surface area (Å²) in [7, 11) is 2.00. The number of rotatable bonds is 6. The Labute approximate surface area is 141 Å². The van der Waals surface area contributed by atoms with E-state index in [1.165, 1.54) is 0 Å². The summed E-state index contributed by atoms with van der Waals surface area (Å²) >= 11 is 0. The van der Waals surface area contributed by atoms with Gasteiger partial charge in [-0.1, -0.05) is 48.5 Å². The fourth-order valence-electron chi connectivity index (χ4n) is 2.56. The van der Waals surface area contributed by atoms with Gasteiger partial charge in [0.1, 0.15) is 0 Å². The molecule has 0 saturated carbocycles. The summed E-state index contributed by atoms with van der Waals surface area (Å²) in [5.74, 6) is 0.156. The smallest absolute Gasteiger partial charge is 0.287 e. The van der Waals surface area contributed by atoms with Gasteiger partial charge in [0.25, 0.3) is 5.91 Å². The lowest BCUT2D eigenvalue weighted by molar-refractivity contribution is 0.0928. The molecule has 3 aromatic rings. The molecule has 2 aromatic carbocycles. The SMILES string of the molecule is CN(CCNC(=O)c1occc1-c1ccccc1)c1ccccc1. The molecule has 24 heavy (non-hydrogen) atoms. The predicted molar refractivity (Wildman–Crippen MR) is 96.2 cm³/mol. The molecule has 1 aromatic heterocycles. The molecule has 0 aliphatic rings. The van der Waals surface area contributed by atoms with E-state index < -0.39 is 0 Å².